The summed E-state index contributed by atoms with van der Waals surface area (Å²) in [6.07, 6.45) is 3.26. The van der Waals surface area contributed by atoms with Gasteiger partial charge in [-0.05, 0) is 18.1 Å². The molecule has 0 spiro atoms. The number of anilines is 1. The predicted octanol–water partition coefficient (Wildman–Crippen LogP) is 1.16. The lowest BCUT2D eigenvalue weighted by Crippen LogP contribution is -2.40. The summed E-state index contributed by atoms with van der Waals surface area (Å²) in [5, 5.41) is 6.81. The molecule has 0 bridgehead atoms. The van der Waals surface area contributed by atoms with Crippen molar-refractivity contribution in [2.75, 3.05) is 31.6 Å². The molecule has 1 fully saturated rings. The van der Waals surface area contributed by atoms with E-state index in [1.165, 1.54) is 17.6 Å². The van der Waals surface area contributed by atoms with Crippen LogP contribution in [0.15, 0.2) is 30.6 Å². The number of H-pyrrole nitrogens is 1. The van der Waals surface area contributed by atoms with Gasteiger partial charge in [-0.1, -0.05) is 18.2 Å². The van der Waals surface area contributed by atoms with Gasteiger partial charge in [0.05, 0.1) is 18.7 Å². The van der Waals surface area contributed by atoms with E-state index in [9.17, 15) is 4.79 Å². The molecular weight excluding hydrogens is 306 g/mol. The number of methoxy groups -OCH3 is 1. The lowest BCUT2D eigenvalue weighted by atomic mass is 10.2. The molecule has 1 N–H and O–H groups in total. The first kappa shape index (κ1) is 15.1. The molecule has 2 aliphatic rings. The molecule has 126 valence electrons. The zero-order valence-electron chi connectivity index (χ0n) is 13.7. The summed E-state index contributed by atoms with van der Waals surface area (Å²) in [5.74, 6) is 0.831. The molecule has 1 saturated heterocycles. The van der Waals surface area contributed by atoms with Gasteiger partial charge in [-0.2, -0.15) is 5.10 Å². The summed E-state index contributed by atoms with van der Waals surface area (Å²) < 4.78 is 5.48. The van der Waals surface area contributed by atoms with E-state index >= 15 is 0 Å². The average Bonchev–Trinajstić information content (AvgIpc) is 3.34. The van der Waals surface area contributed by atoms with Gasteiger partial charge >= 0.3 is 0 Å². The number of aromatic amines is 1. The monoisotopic (exact) mass is 327 g/mol. The molecule has 0 radical (unpaired) electrons. The highest BCUT2D eigenvalue weighted by molar-refractivity contribution is 5.83. The van der Waals surface area contributed by atoms with E-state index in [4.69, 9.17) is 4.74 Å². The molecular formula is C17H21N5O2. The maximum absolute atomic E-state index is 12.9. The minimum atomic E-state index is -0.0946. The summed E-state index contributed by atoms with van der Waals surface area (Å²) in [6.45, 7) is 1.87. The van der Waals surface area contributed by atoms with E-state index in [2.05, 4.69) is 32.2 Å². The lowest BCUT2D eigenvalue weighted by molar-refractivity contribution is -0.131. The second-order valence-electron chi connectivity index (χ2n) is 6.33. The molecule has 0 unspecified atom stereocenters. The number of rotatable bonds is 4. The van der Waals surface area contributed by atoms with Crippen LogP contribution >= 0.6 is 0 Å². The maximum atomic E-state index is 12.9. The number of ether oxygens (including phenoxy) is 1. The molecule has 1 amide bonds. The number of benzene rings is 1. The van der Waals surface area contributed by atoms with Crippen molar-refractivity contribution in [3.05, 3.63) is 42.0 Å². The predicted molar refractivity (Wildman–Crippen MR) is 88.6 cm³/mol. The third-order valence-electron chi connectivity index (χ3n) is 4.98. The number of nitrogens with zero attached hydrogens (tertiary/aromatic N) is 4. The highest BCUT2D eigenvalue weighted by Gasteiger charge is 2.38. The van der Waals surface area contributed by atoms with Crippen molar-refractivity contribution in [2.24, 2.45) is 0 Å². The van der Waals surface area contributed by atoms with Crippen LogP contribution in [-0.2, 0) is 16.0 Å². The Bertz CT molecular complexity index is 718. The van der Waals surface area contributed by atoms with Crippen molar-refractivity contribution < 1.29 is 9.53 Å². The number of aromatic nitrogens is 3. The molecule has 0 aliphatic carbocycles. The van der Waals surface area contributed by atoms with E-state index in [1.54, 1.807) is 7.11 Å². The molecule has 1 aromatic heterocycles. The zero-order chi connectivity index (χ0) is 16.5. The number of carbonyl (C=O) groups excluding carboxylic acids is 1. The van der Waals surface area contributed by atoms with Gasteiger partial charge in [0.1, 0.15) is 12.2 Å². The summed E-state index contributed by atoms with van der Waals surface area (Å²) in [6, 6.07) is 8.20. The number of nitrogens with one attached hydrogen (secondary N) is 1. The smallest absolute Gasteiger partial charge is 0.242 e. The van der Waals surface area contributed by atoms with E-state index in [0.717, 1.165) is 25.2 Å². The number of para-hydroxylation sites is 1. The molecule has 24 heavy (non-hydrogen) atoms. The number of hydrogen-bond acceptors (Lipinski definition) is 5. The Kier molecular flexibility index (Phi) is 3.93. The summed E-state index contributed by atoms with van der Waals surface area (Å²) in [4.78, 5) is 21.2. The maximum Gasteiger partial charge on any atom is 0.242 e. The first-order valence-electron chi connectivity index (χ1n) is 8.26. The van der Waals surface area contributed by atoms with Crippen LogP contribution in [0.1, 0.15) is 23.9 Å². The van der Waals surface area contributed by atoms with Crippen LogP contribution in [0, 0.1) is 0 Å². The molecule has 7 heteroatoms. The quantitative estimate of drug-likeness (QED) is 0.912. The van der Waals surface area contributed by atoms with Gasteiger partial charge in [0, 0.05) is 32.3 Å². The Morgan fingerprint density at radius 2 is 2.29 bits per heavy atom. The lowest BCUT2D eigenvalue weighted by Gasteiger charge is -2.26. The van der Waals surface area contributed by atoms with Crippen molar-refractivity contribution in [2.45, 2.75) is 25.0 Å². The van der Waals surface area contributed by atoms with E-state index in [1.807, 2.05) is 17.0 Å². The van der Waals surface area contributed by atoms with Crippen LogP contribution in [0.4, 0.5) is 5.69 Å². The summed E-state index contributed by atoms with van der Waals surface area (Å²) in [7, 11) is 1.69. The van der Waals surface area contributed by atoms with Crippen molar-refractivity contribution in [3.63, 3.8) is 0 Å². The van der Waals surface area contributed by atoms with Crippen LogP contribution in [0.2, 0.25) is 0 Å². The number of fused-ring (bicyclic) bond motifs is 1. The third-order valence-corrected chi connectivity index (χ3v) is 4.98. The number of hydrogen-bond donors (Lipinski definition) is 1. The van der Waals surface area contributed by atoms with Crippen LogP contribution < -0.4 is 4.90 Å². The highest BCUT2D eigenvalue weighted by atomic mass is 16.5. The van der Waals surface area contributed by atoms with Crippen LogP contribution in [-0.4, -0.2) is 58.8 Å². The second-order valence-corrected chi connectivity index (χ2v) is 6.33. The van der Waals surface area contributed by atoms with Crippen molar-refractivity contribution in [1.82, 2.24) is 20.1 Å². The van der Waals surface area contributed by atoms with Gasteiger partial charge in [0.25, 0.3) is 0 Å². The first-order valence-corrected chi connectivity index (χ1v) is 8.26. The Hall–Kier alpha value is -2.41. The van der Waals surface area contributed by atoms with Crippen LogP contribution in [0.25, 0.3) is 0 Å². The largest absolute Gasteiger partial charge is 0.380 e. The highest BCUT2D eigenvalue weighted by Crippen LogP contribution is 2.32. The molecule has 2 aromatic rings. The van der Waals surface area contributed by atoms with Gasteiger partial charge in [-0.25, -0.2) is 4.98 Å². The van der Waals surface area contributed by atoms with Gasteiger partial charge in [0.15, 0.2) is 0 Å². The summed E-state index contributed by atoms with van der Waals surface area (Å²) in [5.41, 5.74) is 2.48. The van der Waals surface area contributed by atoms with Crippen molar-refractivity contribution >= 4 is 11.6 Å². The molecule has 2 atom stereocenters. The average molecular weight is 327 g/mol. The van der Waals surface area contributed by atoms with Gasteiger partial charge in [-0.3, -0.25) is 9.89 Å². The SMILES string of the molecule is CO[C@@H]1C[C@@H](c2ncn[nH]2)N(C(=O)CN2CCc3ccccc32)C1. The summed E-state index contributed by atoms with van der Waals surface area (Å²) >= 11 is 0. The van der Waals surface area contributed by atoms with Crippen molar-refractivity contribution in [3.8, 4) is 0 Å². The Morgan fingerprint density at radius 3 is 3.08 bits per heavy atom. The van der Waals surface area contributed by atoms with Gasteiger partial charge in [0.2, 0.25) is 5.91 Å². The zero-order valence-corrected chi connectivity index (χ0v) is 13.7. The fraction of sp³-hybridized carbons (Fsp3) is 0.471. The molecule has 4 rings (SSSR count). The Labute approximate surface area is 140 Å². The van der Waals surface area contributed by atoms with Gasteiger partial charge < -0.3 is 14.5 Å². The van der Waals surface area contributed by atoms with Crippen LogP contribution in [0.5, 0.6) is 0 Å². The second kappa shape index (κ2) is 6.24. The minimum absolute atomic E-state index is 0.0370. The fourth-order valence-corrected chi connectivity index (χ4v) is 3.70. The minimum Gasteiger partial charge on any atom is -0.380 e. The van der Waals surface area contributed by atoms with Gasteiger partial charge in [-0.15, -0.1) is 0 Å². The molecule has 0 saturated carbocycles. The van der Waals surface area contributed by atoms with Crippen LogP contribution in [0.3, 0.4) is 0 Å². The Balaban J connectivity index is 1.51. The standard InChI is InChI=1S/C17H21N5O2/c1-24-13-8-15(17-18-11-19-20-17)22(9-13)16(23)10-21-7-6-12-4-2-3-5-14(12)21/h2-5,11,13,15H,6-10H2,1H3,(H,18,19,20)/t13-,15+/m1/s1. The Morgan fingerprint density at radius 1 is 1.42 bits per heavy atom. The first-order chi connectivity index (χ1) is 11.8. The number of amides is 1. The third kappa shape index (κ3) is 2.65. The molecule has 2 aliphatic heterocycles. The number of carbonyl (C=O) groups is 1. The van der Waals surface area contributed by atoms with E-state index in [-0.39, 0.29) is 18.1 Å². The molecule has 7 nitrogen and oxygen atoms in total. The fourth-order valence-electron chi connectivity index (χ4n) is 3.70. The van der Waals surface area contributed by atoms with E-state index in [0.29, 0.717) is 13.1 Å². The molecule has 1 aromatic carbocycles. The normalized spacial score (nSPS) is 22.9. The topological polar surface area (TPSA) is 74.4 Å². The molecule has 3 heterocycles. The van der Waals surface area contributed by atoms with Crippen molar-refractivity contribution in [1.29, 1.82) is 0 Å². The number of likely N-dealkylation sites (tertiary alicyclic amines) is 1. The van der Waals surface area contributed by atoms with E-state index < -0.39 is 0 Å².